The minimum Gasteiger partial charge on any atom is -0.357 e. The van der Waals surface area contributed by atoms with Gasteiger partial charge in [-0.05, 0) is 72.2 Å². The molecule has 0 atom stereocenters. The molecule has 5 aromatic carbocycles. The van der Waals surface area contributed by atoms with Gasteiger partial charge in [0, 0.05) is 63.3 Å². The van der Waals surface area contributed by atoms with Crippen LogP contribution in [0.3, 0.4) is 0 Å². The molecule has 0 saturated carbocycles. The zero-order valence-electron chi connectivity index (χ0n) is 27.7. The Morgan fingerprint density at radius 3 is 2.17 bits per heavy atom. The van der Waals surface area contributed by atoms with Crippen LogP contribution in [0.15, 0.2) is 122 Å². The number of hydrogen-bond acceptors (Lipinski definition) is 2. The smallest absolute Gasteiger partial charge is 0.188 e. The Morgan fingerprint density at radius 2 is 1.40 bits per heavy atom. The fraction of sp³-hybridized carbons (Fsp3) is 0.143. The van der Waals surface area contributed by atoms with E-state index in [0.717, 1.165) is 50.5 Å². The number of imidazole rings is 1. The summed E-state index contributed by atoms with van der Waals surface area (Å²) in [7, 11) is 2.08. The van der Waals surface area contributed by atoms with Crippen LogP contribution in [0.2, 0.25) is 0 Å². The molecule has 8 aromatic rings. The molecule has 0 amide bonds. The number of pyridine rings is 1. The monoisotopic (exact) mass is 805 g/mol. The normalized spacial score (nSPS) is 11.5. The molecule has 3 aromatic heterocycles. The molecule has 0 saturated heterocycles. The van der Waals surface area contributed by atoms with Crippen molar-refractivity contribution in [1.82, 2.24) is 18.7 Å². The molecule has 0 radical (unpaired) electrons. The molecular formula is C42H36N5Pt-. The number of fused-ring (bicyclic) bond motifs is 4. The summed E-state index contributed by atoms with van der Waals surface area (Å²) in [4.78, 5) is 7.18. The van der Waals surface area contributed by atoms with Crippen molar-refractivity contribution in [2.45, 2.75) is 33.6 Å². The first-order valence-electron chi connectivity index (χ1n) is 16.2. The maximum absolute atomic E-state index is 4.87. The van der Waals surface area contributed by atoms with Gasteiger partial charge in [0.25, 0.3) is 0 Å². The first kappa shape index (κ1) is 31.6. The Kier molecular flexibility index (Phi) is 8.27. The Labute approximate surface area is 296 Å². The summed E-state index contributed by atoms with van der Waals surface area (Å²) in [5, 5.41) is 2.33. The van der Waals surface area contributed by atoms with Crippen molar-refractivity contribution in [3.63, 3.8) is 0 Å². The fourth-order valence-electron chi connectivity index (χ4n) is 6.87. The summed E-state index contributed by atoms with van der Waals surface area (Å²) in [6, 6.07) is 46.3. The van der Waals surface area contributed by atoms with E-state index in [-0.39, 0.29) is 21.1 Å². The van der Waals surface area contributed by atoms with E-state index in [4.69, 9.17) is 4.98 Å². The van der Waals surface area contributed by atoms with Crippen LogP contribution in [-0.4, -0.2) is 18.7 Å². The minimum atomic E-state index is 0. The molecule has 3 heterocycles. The number of rotatable bonds is 6. The van der Waals surface area contributed by atoms with Crippen LogP contribution < -0.4 is 4.90 Å². The van der Waals surface area contributed by atoms with Crippen molar-refractivity contribution in [3.8, 4) is 11.5 Å². The van der Waals surface area contributed by atoms with E-state index in [1.807, 2.05) is 6.20 Å². The van der Waals surface area contributed by atoms with Gasteiger partial charge in [-0.15, -0.1) is 29.7 Å². The average Bonchev–Trinajstić information content (AvgIpc) is 3.61. The van der Waals surface area contributed by atoms with Crippen LogP contribution in [0.4, 0.5) is 17.1 Å². The number of benzene rings is 5. The van der Waals surface area contributed by atoms with Crippen molar-refractivity contribution in [1.29, 1.82) is 0 Å². The number of nitrogens with zero attached hydrogens (tertiary/aromatic N) is 5. The first-order valence-corrected chi connectivity index (χ1v) is 16.2. The molecule has 6 heteroatoms. The third-order valence-corrected chi connectivity index (χ3v) is 9.21. The minimum absolute atomic E-state index is 0. The largest absolute Gasteiger partial charge is 0.357 e. The molecule has 0 aliphatic heterocycles. The van der Waals surface area contributed by atoms with Crippen molar-refractivity contribution in [3.05, 3.63) is 151 Å². The van der Waals surface area contributed by atoms with E-state index >= 15 is 0 Å². The third-order valence-electron chi connectivity index (χ3n) is 9.21. The van der Waals surface area contributed by atoms with Crippen molar-refractivity contribution in [2.75, 3.05) is 4.90 Å². The fourth-order valence-corrected chi connectivity index (χ4v) is 6.87. The maximum atomic E-state index is 4.87. The van der Waals surface area contributed by atoms with Crippen LogP contribution in [0.25, 0.3) is 44.3 Å². The number of aryl methyl sites for hydroxylation is 3. The van der Waals surface area contributed by atoms with E-state index in [0.29, 0.717) is 5.92 Å². The molecular weight excluding hydrogens is 770 g/mol. The molecule has 0 fully saturated rings. The van der Waals surface area contributed by atoms with Gasteiger partial charge in [-0.2, -0.15) is 12.1 Å². The molecule has 0 spiro atoms. The maximum Gasteiger partial charge on any atom is 0.188 e. The first-order chi connectivity index (χ1) is 22.9. The zero-order valence-corrected chi connectivity index (χ0v) is 29.9. The zero-order chi connectivity index (χ0) is 32.2. The second-order valence-corrected chi connectivity index (χ2v) is 12.6. The van der Waals surface area contributed by atoms with Gasteiger partial charge >= 0.3 is 0 Å². The molecule has 48 heavy (non-hydrogen) atoms. The van der Waals surface area contributed by atoms with Crippen molar-refractivity contribution in [2.24, 2.45) is 7.05 Å². The summed E-state index contributed by atoms with van der Waals surface area (Å²) < 4.78 is 6.62. The summed E-state index contributed by atoms with van der Waals surface area (Å²) in [6.07, 6.45) is 4.04. The predicted octanol–water partition coefficient (Wildman–Crippen LogP) is 10.6. The van der Waals surface area contributed by atoms with E-state index < -0.39 is 0 Å². The molecule has 8 rings (SSSR count). The summed E-state index contributed by atoms with van der Waals surface area (Å²) >= 11 is 0. The van der Waals surface area contributed by atoms with Gasteiger partial charge in [0.1, 0.15) is 5.82 Å². The van der Waals surface area contributed by atoms with Gasteiger partial charge < -0.3 is 9.47 Å². The van der Waals surface area contributed by atoms with Crippen LogP contribution in [0.1, 0.15) is 36.5 Å². The number of hydrogen-bond donors (Lipinski definition) is 0. The molecule has 0 aliphatic rings. The number of para-hydroxylation sites is 4. The van der Waals surface area contributed by atoms with Gasteiger partial charge in [-0.25, -0.2) is 14.1 Å². The van der Waals surface area contributed by atoms with Crippen LogP contribution >= 0.6 is 0 Å². The van der Waals surface area contributed by atoms with Crippen LogP contribution in [0, 0.1) is 26.0 Å². The standard InChI is InChI=1S/C42H36N5.Pt/c1-28(2)31-22-23-43-41(24-31)47-37-17-7-6-16-35(37)36-21-20-34(26-40(36)47)46(42-29(3)12-10-13-30(42)4)33-15-11-14-32(25-33)45-27-44(5)38-18-8-9-19-39(38)45;/h6-24,27-28H,1-5H3;/q-1;. The number of aromatic nitrogens is 4. The second-order valence-electron chi connectivity index (χ2n) is 12.6. The molecule has 0 bridgehead atoms. The van der Waals surface area contributed by atoms with Crippen molar-refractivity contribution >= 4 is 49.9 Å². The van der Waals surface area contributed by atoms with E-state index in [2.05, 4.69) is 181 Å². The van der Waals surface area contributed by atoms with E-state index in [1.165, 1.54) is 27.6 Å². The SMILES string of the molecule is Cc1cccc(C)c1N(c1[c-]c(-n2[cH+]n(C)c3ccccc32)ccc1)c1[c-]c2c(cc1)c1ccccc1n2-c1cc(C(C)C)ccn1.[Pt]. The number of anilines is 3. The van der Waals surface area contributed by atoms with Crippen LogP contribution in [-0.2, 0) is 28.1 Å². The Bertz CT molecular complexity index is 2430. The third kappa shape index (κ3) is 5.23. The van der Waals surface area contributed by atoms with Gasteiger partial charge in [0.2, 0.25) is 0 Å². The quantitative estimate of drug-likeness (QED) is 0.157. The Hall–Kier alpha value is -4.99. The van der Waals surface area contributed by atoms with Gasteiger partial charge in [0.15, 0.2) is 17.4 Å². The summed E-state index contributed by atoms with van der Waals surface area (Å²) in [5.74, 6) is 1.29. The van der Waals surface area contributed by atoms with Gasteiger partial charge in [-0.1, -0.05) is 73.2 Å². The average molecular weight is 806 g/mol. The Balaban J connectivity index is 0.00000364. The van der Waals surface area contributed by atoms with Crippen molar-refractivity contribution < 1.29 is 21.1 Å². The predicted molar refractivity (Wildman–Crippen MR) is 195 cm³/mol. The van der Waals surface area contributed by atoms with Crippen LogP contribution in [0.5, 0.6) is 0 Å². The van der Waals surface area contributed by atoms with E-state index in [1.54, 1.807) is 0 Å². The van der Waals surface area contributed by atoms with Gasteiger partial charge in [-0.3, -0.25) is 0 Å². The topological polar surface area (TPSA) is 30.9 Å². The molecule has 0 N–H and O–H groups in total. The summed E-state index contributed by atoms with van der Waals surface area (Å²) in [5.41, 5.74) is 12.0. The molecule has 240 valence electrons. The molecule has 5 nitrogen and oxygen atoms in total. The van der Waals surface area contributed by atoms with E-state index in [9.17, 15) is 0 Å². The second kappa shape index (κ2) is 12.6. The molecule has 0 unspecified atom stereocenters. The summed E-state index contributed by atoms with van der Waals surface area (Å²) in [6.45, 7) is 8.79. The van der Waals surface area contributed by atoms with Gasteiger partial charge in [0.05, 0.1) is 0 Å². The Morgan fingerprint density at radius 1 is 0.708 bits per heavy atom. The molecule has 0 aliphatic carbocycles.